The smallest absolute Gasteiger partial charge is 0.0841 e. The molecule has 1 fully saturated rings. The standard InChI is InChI=1S/C14H19N3O/c1-15-9-13-12-6-2-3-7-14(12)17(16-13)10-11-5-4-8-18-11/h2-3,6-7,11,15H,4-5,8-10H2,1H3. The van der Waals surface area contributed by atoms with Gasteiger partial charge in [0.2, 0.25) is 0 Å². The second-order valence-electron chi connectivity index (χ2n) is 4.81. The van der Waals surface area contributed by atoms with E-state index in [9.17, 15) is 0 Å². The molecule has 1 saturated heterocycles. The van der Waals surface area contributed by atoms with E-state index in [4.69, 9.17) is 9.84 Å². The first-order valence-electron chi connectivity index (χ1n) is 6.59. The van der Waals surface area contributed by atoms with Crippen LogP contribution < -0.4 is 5.32 Å². The number of nitrogens with one attached hydrogen (secondary N) is 1. The molecule has 1 aromatic carbocycles. The highest BCUT2D eigenvalue weighted by atomic mass is 16.5. The maximum absolute atomic E-state index is 5.70. The molecule has 0 aliphatic carbocycles. The van der Waals surface area contributed by atoms with Gasteiger partial charge in [0.1, 0.15) is 0 Å². The van der Waals surface area contributed by atoms with Crippen molar-refractivity contribution in [3.63, 3.8) is 0 Å². The van der Waals surface area contributed by atoms with E-state index in [1.165, 1.54) is 17.3 Å². The molecule has 1 N–H and O–H groups in total. The topological polar surface area (TPSA) is 39.1 Å². The van der Waals surface area contributed by atoms with Gasteiger partial charge in [-0.2, -0.15) is 5.10 Å². The van der Waals surface area contributed by atoms with Gasteiger partial charge in [0.15, 0.2) is 0 Å². The van der Waals surface area contributed by atoms with E-state index in [2.05, 4.69) is 34.3 Å². The molecule has 3 rings (SSSR count). The average Bonchev–Trinajstić information content (AvgIpc) is 3.00. The molecule has 2 aromatic rings. The molecular formula is C14H19N3O. The van der Waals surface area contributed by atoms with Crippen LogP contribution >= 0.6 is 0 Å². The van der Waals surface area contributed by atoms with Crippen LogP contribution in [0.15, 0.2) is 24.3 Å². The van der Waals surface area contributed by atoms with Crippen molar-refractivity contribution >= 4 is 10.9 Å². The lowest BCUT2D eigenvalue weighted by molar-refractivity contribution is 0.0950. The number of fused-ring (bicyclic) bond motifs is 1. The third-order valence-corrected chi connectivity index (χ3v) is 3.48. The van der Waals surface area contributed by atoms with Crippen molar-refractivity contribution in [2.24, 2.45) is 0 Å². The van der Waals surface area contributed by atoms with Gasteiger partial charge >= 0.3 is 0 Å². The van der Waals surface area contributed by atoms with Crippen LogP contribution in [0.1, 0.15) is 18.5 Å². The van der Waals surface area contributed by atoms with Gasteiger partial charge in [0.25, 0.3) is 0 Å². The molecule has 1 unspecified atom stereocenters. The number of ether oxygens (including phenoxy) is 1. The van der Waals surface area contributed by atoms with Crippen molar-refractivity contribution in [2.75, 3.05) is 13.7 Å². The minimum Gasteiger partial charge on any atom is -0.376 e. The lowest BCUT2D eigenvalue weighted by Gasteiger charge is -2.10. The number of hydrogen-bond donors (Lipinski definition) is 1. The number of aromatic nitrogens is 2. The first-order valence-corrected chi connectivity index (χ1v) is 6.59. The Kier molecular flexibility index (Phi) is 3.30. The maximum Gasteiger partial charge on any atom is 0.0841 e. The third kappa shape index (κ3) is 2.13. The Labute approximate surface area is 107 Å². The Bertz CT molecular complexity index is 529. The quantitative estimate of drug-likeness (QED) is 0.894. The lowest BCUT2D eigenvalue weighted by Crippen LogP contribution is -2.16. The Morgan fingerprint density at radius 3 is 3.11 bits per heavy atom. The van der Waals surface area contributed by atoms with Gasteiger partial charge in [-0.1, -0.05) is 18.2 Å². The molecule has 0 amide bonds. The highest BCUT2D eigenvalue weighted by Gasteiger charge is 2.18. The molecule has 96 valence electrons. The van der Waals surface area contributed by atoms with E-state index in [0.717, 1.165) is 31.8 Å². The predicted octanol–water partition coefficient (Wildman–Crippen LogP) is 1.93. The molecule has 0 radical (unpaired) electrons. The van der Waals surface area contributed by atoms with Crippen LogP contribution in [-0.2, 0) is 17.8 Å². The van der Waals surface area contributed by atoms with E-state index in [1.807, 2.05) is 7.05 Å². The summed E-state index contributed by atoms with van der Waals surface area (Å²) in [4.78, 5) is 0. The van der Waals surface area contributed by atoms with Crippen molar-refractivity contribution in [3.8, 4) is 0 Å². The fourth-order valence-electron chi connectivity index (χ4n) is 2.61. The minimum absolute atomic E-state index is 0.329. The molecule has 0 spiro atoms. The van der Waals surface area contributed by atoms with E-state index >= 15 is 0 Å². The van der Waals surface area contributed by atoms with Gasteiger partial charge < -0.3 is 10.1 Å². The van der Waals surface area contributed by atoms with Crippen molar-refractivity contribution in [1.82, 2.24) is 15.1 Å². The largest absolute Gasteiger partial charge is 0.376 e. The first kappa shape index (κ1) is 11.7. The van der Waals surface area contributed by atoms with Crippen LogP contribution in [0.4, 0.5) is 0 Å². The van der Waals surface area contributed by atoms with Crippen molar-refractivity contribution < 1.29 is 4.74 Å². The summed E-state index contributed by atoms with van der Waals surface area (Å²) in [5.74, 6) is 0. The van der Waals surface area contributed by atoms with Crippen LogP contribution in [0, 0.1) is 0 Å². The van der Waals surface area contributed by atoms with Gasteiger partial charge in [0.05, 0.1) is 23.9 Å². The van der Waals surface area contributed by atoms with Gasteiger partial charge in [-0.3, -0.25) is 4.68 Å². The molecule has 1 aliphatic heterocycles. The van der Waals surface area contributed by atoms with Crippen LogP contribution in [0.2, 0.25) is 0 Å². The van der Waals surface area contributed by atoms with Crippen LogP contribution in [0.3, 0.4) is 0 Å². The summed E-state index contributed by atoms with van der Waals surface area (Å²) in [6.07, 6.45) is 2.65. The Morgan fingerprint density at radius 2 is 2.33 bits per heavy atom. The van der Waals surface area contributed by atoms with Crippen LogP contribution in [-0.4, -0.2) is 29.5 Å². The third-order valence-electron chi connectivity index (χ3n) is 3.48. The Hall–Kier alpha value is -1.39. The van der Waals surface area contributed by atoms with Gasteiger partial charge in [0, 0.05) is 18.5 Å². The number of nitrogens with zero attached hydrogens (tertiary/aromatic N) is 2. The molecule has 1 aromatic heterocycles. The highest BCUT2D eigenvalue weighted by Crippen LogP contribution is 2.21. The zero-order valence-electron chi connectivity index (χ0n) is 10.7. The van der Waals surface area contributed by atoms with Crippen molar-refractivity contribution in [3.05, 3.63) is 30.0 Å². The maximum atomic E-state index is 5.70. The summed E-state index contributed by atoms with van der Waals surface area (Å²) in [6.45, 7) is 2.57. The number of benzene rings is 1. The zero-order valence-corrected chi connectivity index (χ0v) is 10.7. The molecule has 18 heavy (non-hydrogen) atoms. The molecule has 1 atom stereocenters. The van der Waals surface area contributed by atoms with Gasteiger partial charge in [-0.15, -0.1) is 0 Å². The van der Waals surface area contributed by atoms with Crippen LogP contribution in [0.25, 0.3) is 10.9 Å². The molecule has 1 aliphatic rings. The summed E-state index contributed by atoms with van der Waals surface area (Å²) in [7, 11) is 1.95. The molecule has 4 heteroatoms. The number of rotatable bonds is 4. The first-order chi connectivity index (χ1) is 8.88. The van der Waals surface area contributed by atoms with Crippen molar-refractivity contribution in [1.29, 1.82) is 0 Å². The van der Waals surface area contributed by atoms with E-state index in [1.54, 1.807) is 0 Å². The fraction of sp³-hybridized carbons (Fsp3) is 0.500. The second-order valence-corrected chi connectivity index (χ2v) is 4.81. The average molecular weight is 245 g/mol. The summed E-state index contributed by atoms with van der Waals surface area (Å²) < 4.78 is 7.79. The molecular weight excluding hydrogens is 226 g/mol. The Balaban J connectivity index is 1.94. The fourth-order valence-corrected chi connectivity index (χ4v) is 2.61. The number of para-hydroxylation sites is 1. The SMILES string of the molecule is CNCc1nn(CC2CCCO2)c2ccccc12. The summed E-state index contributed by atoms with van der Waals surface area (Å²) in [5.41, 5.74) is 2.32. The lowest BCUT2D eigenvalue weighted by atomic mass is 10.2. The normalized spacial score (nSPS) is 19.7. The monoisotopic (exact) mass is 245 g/mol. The van der Waals surface area contributed by atoms with Crippen LogP contribution in [0.5, 0.6) is 0 Å². The van der Waals surface area contributed by atoms with Crippen molar-refractivity contribution in [2.45, 2.75) is 32.0 Å². The Morgan fingerprint density at radius 1 is 1.44 bits per heavy atom. The predicted molar refractivity (Wildman–Crippen MR) is 71.5 cm³/mol. The molecule has 0 bridgehead atoms. The number of hydrogen-bond acceptors (Lipinski definition) is 3. The van der Waals surface area contributed by atoms with Gasteiger partial charge in [-0.25, -0.2) is 0 Å². The highest BCUT2D eigenvalue weighted by molar-refractivity contribution is 5.81. The summed E-state index contributed by atoms with van der Waals surface area (Å²) in [5, 5.41) is 9.13. The van der Waals surface area contributed by atoms with E-state index in [-0.39, 0.29) is 0 Å². The minimum atomic E-state index is 0.329. The van der Waals surface area contributed by atoms with E-state index in [0.29, 0.717) is 6.10 Å². The molecule has 2 heterocycles. The molecule has 0 saturated carbocycles. The van der Waals surface area contributed by atoms with E-state index < -0.39 is 0 Å². The second kappa shape index (κ2) is 5.08. The molecule has 4 nitrogen and oxygen atoms in total. The summed E-state index contributed by atoms with van der Waals surface area (Å²) in [6, 6.07) is 8.41. The van der Waals surface area contributed by atoms with Gasteiger partial charge in [-0.05, 0) is 26.0 Å². The zero-order chi connectivity index (χ0) is 12.4. The summed E-state index contributed by atoms with van der Waals surface area (Å²) >= 11 is 0.